The van der Waals surface area contributed by atoms with E-state index in [1.165, 1.54) is 12.1 Å². The van der Waals surface area contributed by atoms with Gasteiger partial charge in [0, 0.05) is 4.47 Å². The molecule has 0 fully saturated rings. The van der Waals surface area contributed by atoms with Gasteiger partial charge in [-0.3, -0.25) is 0 Å². The predicted molar refractivity (Wildman–Crippen MR) is 38.5 cm³/mol. The van der Waals surface area contributed by atoms with Crippen LogP contribution in [-0.4, -0.2) is 0 Å². The molecule has 0 bridgehead atoms. The lowest BCUT2D eigenvalue weighted by molar-refractivity contribution is 0.177. The molecule has 0 unspecified atom stereocenters. The zero-order chi connectivity index (χ0) is 7.56. The van der Waals surface area contributed by atoms with Crippen LogP contribution >= 0.6 is 15.9 Å². The third kappa shape index (κ3) is 1.78. The highest BCUT2D eigenvalue weighted by molar-refractivity contribution is 9.10. The molecule has 1 aromatic rings. The Bertz CT molecular complexity index is 217. The molecule has 53 valence electrons. The number of rotatable bonds is 1. The van der Waals surface area contributed by atoms with Crippen molar-refractivity contribution in [3.63, 3.8) is 0 Å². The summed E-state index contributed by atoms with van der Waals surface area (Å²) in [7, 11) is 0. The quantitative estimate of drug-likeness (QED) is 0.669. The zero-order valence-electron chi connectivity index (χ0n) is 5.10. The maximum absolute atomic E-state index is 12.4. The van der Waals surface area contributed by atoms with Gasteiger partial charge >= 0.3 is 0 Å². The average molecular weight is 204 g/mol. The van der Waals surface area contributed by atoms with Crippen LogP contribution in [0.1, 0.15) is 5.56 Å². The number of hydrogen-bond donors (Lipinski definition) is 0. The molecule has 0 spiro atoms. The fourth-order valence-corrected chi connectivity index (χ4v) is 1.21. The van der Waals surface area contributed by atoms with Crippen LogP contribution in [0.2, 0.25) is 0 Å². The molecule has 0 aliphatic heterocycles. The molecule has 0 heterocycles. The minimum atomic E-state index is -0.379. The highest BCUT2D eigenvalue weighted by atomic mass is 79.9. The van der Waals surface area contributed by atoms with Crippen LogP contribution < -0.4 is 0 Å². The van der Waals surface area contributed by atoms with E-state index < -0.39 is 0 Å². The molecule has 3 heteroatoms. The Balaban J connectivity index is 3.06. The summed E-state index contributed by atoms with van der Waals surface area (Å²) in [5.74, 6) is -0.375. The van der Waals surface area contributed by atoms with Gasteiger partial charge in [0.1, 0.15) is 12.4 Å². The molecule has 0 N–H and O–H groups in total. The van der Waals surface area contributed by atoms with E-state index in [0.29, 0.717) is 10.0 Å². The van der Waals surface area contributed by atoms with Gasteiger partial charge in [-0.15, -0.1) is 0 Å². The third-order valence-corrected chi connectivity index (χ3v) is 1.55. The largest absolute Gasteiger partial charge is 0.232 e. The summed E-state index contributed by atoms with van der Waals surface area (Å²) in [6, 6.07) is 4.16. The van der Waals surface area contributed by atoms with Crippen molar-refractivity contribution >= 4 is 15.9 Å². The molecule has 1 rings (SSSR count). The highest BCUT2D eigenvalue weighted by Gasteiger charge is 1.96. The average Bonchev–Trinajstić information content (AvgIpc) is 1.85. The molecule has 0 aliphatic rings. The van der Waals surface area contributed by atoms with Gasteiger partial charge in [-0.25, -0.2) is 9.50 Å². The van der Waals surface area contributed by atoms with E-state index >= 15 is 0 Å². The first-order valence-corrected chi connectivity index (χ1v) is 3.55. The lowest BCUT2D eigenvalue weighted by atomic mass is 10.2. The van der Waals surface area contributed by atoms with E-state index in [1.54, 1.807) is 6.07 Å². The van der Waals surface area contributed by atoms with Crippen molar-refractivity contribution < 1.29 is 9.50 Å². The lowest BCUT2D eigenvalue weighted by Crippen LogP contribution is -1.83. The van der Waals surface area contributed by atoms with Crippen molar-refractivity contribution in [3.8, 4) is 0 Å². The van der Waals surface area contributed by atoms with Crippen LogP contribution in [0.3, 0.4) is 0 Å². The van der Waals surface area contributed by atoms with Crippen molar-refractivity contribution in [1.29, 1.82) is 0 Å². The molecule has 0 amide bonds. The van der Waals surface area contributed by atoms with Crippen molar-refractivity contribution in [2.75, 3.05) is 0 Å². The van der Waals surface area contributed by atoms with Crippen LogP contribution in [0.5, 0.6) is 0 Å². The van der Waals surface area contributed by atoms with E-state index in [0.717, 1.165) is 0 Å². The van der Waals surface area contributed by atoms with Crippen molar-refractivity contribution in [3.05, 3.63) is 34.1 Å². The van der Waals surface area contributed by atoms with Gasteiger partial charge in [0.25, 0.3) is 0 Å². The van der Waals surface area contributed by atoms with Gasteiger partial charge in [-0.1, -0.05) is 15.9 Å². The van der Waals surface area contributed by atoms with Gasteiger partial charge < -0.3 is 0 Å². The van der Waals surface area contributed by atoms with Crippen molar-refractivity contribution in [1.82, 2.24) is 0 Å². The molecular formula is C7H5BrFO. The molecule has 0 atom stereocenters. The minimum Gasteiger partial charge on any atom is -0.232 e. The van der Waals surface area contributed by atoms with E-state index in [-0.39, 0.29) is 12.4 Å². The summed E-state index contributed by atoms with van der Waals surface area (Å²) in [6.07, 6.45) is 0. The van der Waals surface area contributed by atoms with Gasteiger partial charge in [0.2, 0.25) is 0 Å². The fourth-order valence-electron chi connectivity index (χ4n) is 0.694. The van der Waals surface area contributed by atoms with Gasteiger partial charge in [-0.05, 0) is 23.8 Å². The Morgan fingerprint density at radius 2 is 2.10 bits per heavy atom. The summed E-state index contributed by atoms with van der Waals surface area (Å²) >= 11 is 3.07. The molecule has 0 aliphatic carbocycles. The summed E-state index contributed by atoms with van der Waals surface area (Å²) in [5, 5.41) is 10.2. The number of halogens is 2. The predicted octanol–water partition coefficient (Wildman–Crippen LogP) is 2.52. The van der Waals surface area contributed by atoms with Gasteiger partial charge in [-0.2, -0.15) is 0 Å². The molecule has 1 aromatic carbocycles. The molecule has 1 nitrogen and oxygen atoms in total. The Morgan fingerprint density at radius 3 is 2.60 bits per heavy atom. The van der Waals surface area contributed by atoms with E-state index in [2.05, 4.69) is 15.9 Å². The first-order valence-electron chi connectivity index (χ1n) is 2.75. The smallest absolute Gasteiger partial charge is 0.124 e. The fraction of sp³-hybridized carbons (Fsp3) is 0.143. The van der Waals surface area contributed by atoms with Crippen LogP contribution in [0.4, 0.5) is 4.39 Å². The molecule has 1 radical (unpaired) electrons. The minimum absolute atomic E-state index is 0.375. The van der Waals surface area contributed by atoms with E-state index in [1.807, 2.05) is 0 Å². The second kappa shape index (κ2) is 3.12. The molecule has 10 heavy (non-hydrogen) atoms. The van der Waals surface area contributed by atoms with Crippen molar-refractivity contribution in [2.24, 2.45) is 0 Å². The summed E-state index contributed by atoms with van der Waals surface area (Å²) in [6.45, 7) is -0.379. The Morgan fingerprint density at radius 1 is 1.40 bits per heavy atom. The van der Waals surface area contributed by atoms with Crippen LogP contribution in [-0.2, 0) is 11.7 Å². The Kier molecular flexibility index (Phi) is 2.40. The number of benzene rings is 1. The molecule has 0 saturated heterocycles. The molecular weight excluding hydrogens is 199 g/mol. The number of hydrogen-bond acceptors (Lipinski definition) is 0. The SMILES string of the molecule is [O]Cc1cc(F)cc(Br)c1. The van der Waals surface area contributed by atoms with Gasteiger partial charge in [0.15, 0.2) is 0 Å². The maximum atomic E-state index is 12.4. The Labute approximate surface area is 66.6 Å². The first kappa shape index (κ1) is 7.69. The first-order chi connectivity index (χ1) is 4.72. The topological polar surface area (TPSA) is 19.9 Å². The van der Waals surface area contributed by atoms with E-state index in [4.69, 9.17) is 0 Å². The summed E-state index contributed by atoms with van der Waals surface area (Å²) in [4.78, 5) is 0. The normalized spacial score (nSPS) is 9.90. The Hall–Kier alpha value is -0.410. The standard InChI is InChI=1S/C7H5BrFO/c8-6-1-5(4-10)2-7(9)3-6/h1-3H,4H2. The lowest BCUT2D eigenvalue weighted by Gasteiger charge is -1.95. The van der Waals surface area contributed by atoms with Crippen LogP contribution in [0, 0.1) is 5.82 Å². The van der Waals surface area contributed by atoms with E-state index in [9.17, 15) is 9.50 Å². The zero-order valence-corrected chi connectivity index (χ0v) is 6.69. The third-order valence-electron chi connectivity index (χ3n) is 1.09. The van der Waals surface area contributed by atoms with Crippen LogP contribution in [0.25, 0.3) is 0 Å². The molecule has 0 saturated carbocycles. The maximum Gasteiger partial charge on any atom is 0.124 e. The second-order valence-electron chi connectivity index (χ2n) is 1.92. The van der Waals surface area contributed by atoms with Crippen molar-refractivity contribution in [2.45, 2.75) is 6.61 Å². The molecule has 0 aromatic heterocycles. The van der Waals surface area contributed by atoms with Gasteiger partial charge in [0.05, 0.1) is 0 Å². The highest BCUT2D eigenvalue weighted by Crippen LogP contribution is 2.14. The monoisotopic (exact) mass is 203 g/mol. The van der Waals surface area contributed by atoms with Crippen LogP contribution in [0.15, 0.2) is 22.7 Å². The summed E-state index contributed by atoms with van der Waals surface area (Å²) in [5.41, 5.74) is 0.465. The summed E-state index contributed by atoms with van der Waals surface area (Å²) < 4.78 is 13.1. The second-order valence-corrected chi connectivity index (χ2v) is 2.84.